The minimum atomic E-state index is -4.52. The van der Waals surface area contributed by atoms with Gasteiger partial charge in [0.05, 0.1) is 24.9 Å². The van der Waals surface area contributed by atoms with Gasteiger partial charge in [0.2, 0.25) is 5.91 Å². The molecule has 2 rings (SSSR count). The predicted octanol–water partition coefficient (Wildman–Crippen LogP) is 3.03. The summed E-state index contributed by atoms with van der Waals surface area (Å²) in [5.41, 5.74) is 0.245. The lowest BCUT2D eigenvalue weighted by molar-refractivity contribution is -0.140. The van der Waals surface area contributed by atoms with Crippen LogP contribution in [0.5, 0.6) is 11.5 Å². The minimum Gasteiger partial charge on any atom is -0.495 e. The molecule has 0 spiro atoms. The second-order valence-corrected chi connectivity index (χ2v) is 6.21. The lowest BCUT2D eigenvalue weighted by atomic mass is 10.2. The molecular formula is C16H19ClF3N3O4. The Kier molecular flexibility index (Phi) is 6.63. The maximum atomic E-state index is 12.5. The summed E-state index contributed by atoms with van der Waals surface area (Å²) in [5, 5.41) is 4.62. The molecule has 0 aliphatic carbocycles. The first-order chi connectivity index (χ1) is 12.7. The number of halogens is 4. The summed E-state index contributed by atoms with van der Waals surface area (Å²) in [6.07, 6.45) is -3.75. The fraction of sp³-hybridized carbons (Fsp3) is 0.500. The van der Waals surface area contributed by atoms with Crippen molar-refractivity contribution in [2.24, 2.45) is 0 Å². The molecule has 1 aliphatic heterocycles. The first-order valence-electron chi connectivity index (χ1n) is 8.00. The summed E-state index contributed by atoms with van der Waals surface area (Å²) in [7, 11) is 2.81. The number of likely N-dealkylation sites (tertiary alicyclic amines) is 1. The van der Waals surface area contributed by atoms with Crippen molar-refractivity contribution in [3.05, 3.63) is 17.2 Å². The zero-order chi connectivity index (χ0) is 20.2. The number of methoxy groups -OCH3 is 2. The van der Waals surface area contributed by atoms with Crippen LogP contribution in [0.15, 0.2) is 12.1 Å². The number of benzene rings is 1. The normalized spacial score (nSPS) is 16.8. The van der Waals surface area contributed by atoms with Gasteiger partial charge in [-0.25, -0.2) is 4.79 Å². The zero-order valence-corrected chi connectivity index (χ0v) is 15.4. The Hall–Kier alpha value is -2.36. The van der Waals surface area contributed by atoms with Crippen LogP contribution in [0.2, 0.25) is 5.02 Å². The van der Waals surface area contributed by atoms with Crippen molar-refractivity contribution < 1.29 is 32.2 Å². The topological polar surface area (TPSA) is 79.9 Å². The number of urea groups is 1. The number of alkyl halides is 3. The van der Waals surface area contributed by atoms with E-state index in [9.17, 15) is 22.8 Å². The Balaban J connectivity index is 2.10. The van der Waals surface area contributed by atoms with Crippen LogP contribution in [0, 0.1) is 0 Å². The third kappa shape index (κ3) is 5.31. The fourth-order valence-electron chi connectivity index (χ4n) is 2.73. The molecule has 0 radical (unpaired) electrons. The van der Waals surface area contributed by atoms with Gasteiger partial charge in [-0.1, -0.05) is 11.6 Å². The molecule has 1 aromatic carbocycles. The lowest BCUT2D eigenvalue weighted by Crippen LogP contribution is -2.49. The van der Waals surface area contributed by atoms with Gasteiger partial charge in [0.15, 0.2) is 0 Å². The quantitative estimate of drug-likeness (QED) is 0.783. The number of nitrogens with one attached hydrogen (secondary N) is 2. The summed E-state index contributed by atoms with van der Waals surface area (Å²) in [5.74, 6) is -0.223. The van der Waals surface area contributed by atoms with E-state index in [1.54, 1.807) is 0 Å². The average Bonchev–Trinajstić information content (AvgIpc) is 3.09. The number of nitrogens with zero attached hydrogens (tertiary/aromatic N) is 1. The first kappa shape index (κ1) is 20.9. The highest BCUT2D eigenvalue weighted by Gasteiger charge is 2.36. The lowest BCUT2D eigenvalue weighted by Gasteiger charge is -2.25. The molecule has 1 fully saturated rings. The molecule has 150 valence electrons. The van der Waals surface area contributed by atoms with E-state index in [-0.39, 0.29) is 29.4 Å². The van der Waals surface area contributed by atoms with Crippen molar-refractivity contribution >= 4 is 29.2 Å². The molecule has 1 aromatic rings. The highest BCUT2D eigenvalue weighted by Crippen LogP contribution is 2.36. The molecule has 0 aromatic heterocycles. The van der Waals surface area contributed by atoms with Crippen LogP contribution in [-0.4, -0.2) is 56.4 Å². The Labute approximate surface area is 158 Å². The van der Waals surface area contributed by atoms with Crippen LogP contribution in [-0.2, 0) is 4.79 Å². The Morgan fingerprint density at radius 3 is 2.52 bits per heavy atom. The highest BCUT2D eigenvalue weighted by molar-refractivity contribution is 6.32. The molecule has 3 amide bonds. The minimum absolute atomic E-state index is 0.231. The SMILES string of the molecule is COc1cc(OC)c(NC(=O)N2CCCC2C(=O)NCC(F)(F)F)cc1Cl. The van der Waals surface area contributed by atoms with E-state index in [0.717, 1.165) is 0 Å². The monoisotopic (exact) mass is 409 g/mol. The van der Waals surface area contributed by atoms with Gasteiger partial charge >= 0.3 is 12.2 Å². The van der Waals surface area contributed by atoms with Crippen molar-refractivity contribution in [3.63, 3.8) is 0 Å². The molecule has 0 bridgehead atoms. The molecule has 1 aliphatic rings. The molecule has 0 saturated carbocycles. The third-order valence-corrected chi connectivity index (χ3v) is 4.29. The summed E-state index contributed by atoms with van der Waals surface area (Å²) in [4.78, 5) is 25.8. The number of carbonyl (C=O) groups excluding carboxylic acids is 2. The van der Waals surface area contributed by atoms with Gasteiger partial charge < -0.3 is 25.0 Å². The molecule has 1 saturated heterocycles. The highest BCUT2D eigenvalue weighted by atomic mass is 35.5. The Morgan fingerprint density at radius 1 is 1.26 bits per heavy atom. The van der Waals surface area contributed by atoms with Gasteiger partial charge in [-0.15, -0.1) is 0 Å². The van der Waals surface area contributed by atoms with Crippen molar-refractivity contribution in [2.75, 3.05) is 32.6 Å². The van der Waals surface area contributed by atoms with E-state index in [2.05, 4.69) is 5.32 Å². The van der Waals surface area contributed by atoms with Crippen LogP contribution in [0.25, 0.3) is 0 Å². The van der Waals surface area contributed by atoms with Gasteiger partial charge in [-0.05, 0) is 18.9 Å². The van der Waals surface area contributed by atoms with Crippen molar-refractivity contribution in [3.8, 4) is 11.5 Å². The average molecular weight is 410 g/mol. The van der Waals surface area contributed by atoms with Crippen molar-refractivity contribution in [2.45, 2.75) is 25.1 Å². The molecule has 7 nitrogen and oxygen atoms in total. The number of hydrogen-bond acceptors (Lipinski definition) is 4. The largest absolute Gasteiger partial charge is 0.495 e. The van der Waals surface area contributed by atoms with E-state index in [4.69, 9.17) is 21.1 Å². The van der Waals surface area contributed by atoms with E-state index >= 15 is 0 Å². The number of amides is 3. The molecular weight excluding hydrogens is 391 g/mol. The van der Waals surface area contributed by atoms with E-state index in [1.807, 2.05) is 5.32 Å². The van der Waals surface area contributed by atoms with Crippen molar-refractivity contribution in [1.29, 1.82) is 0 Å². The Morgan fingerprint density at radius 2 is 1.93 bits per heavy atom. The second-order valence-electron chi connectivity index (χ2n) is 5.80. The maximum absolute atomic E-state index is 12.5. The van der Waals surface area contributed by atoms with Gasteiger partial charge in [0, 0.05) is 12.6 Å². The molecule has 1 unspecified atom stereocenters. The molecule has 1 heterocycles. The summed E-state index contributed by atoms with van der Waals surface area (Å²) < 4.78 is 47.1. The first-order valence-corrected chi connectivity index (χ1v) is 8.37. The maximum Gasteiger partial charge on any atom is 0.405 e. The third-order valence-electron chi connectivity index (χ3n) is 3.99. The molecule has 11 heteroatoms. The van der Waals surface area contributed by atoms with Gasteiger partial charge in [0.25, 0.3) is 0 Å². The van der Waals surface area contributed by atoms with E-state index < -0.39 is 30.7 Å². The van der Waals surface area contributed by atoms with Crippen LogP contribution in [0.3, 0.4) is 0 Å². The predicted molar refractivity (Wildman–Crippen MR) is 92.4 cm³/mol. The van der Waals surface area contributed by atoms with Gasteiger partial charge in [-0.3, -0.25) is 4.79 Å². The molecule has 27 heavy (non-hydrogen) atoms. The number of hydrogen-bond donors (Lipinski definition) is 2. The van der Waals surface area contributed by atoms with Gasteiger partial charge in [0.1, 0.15) is 24.1 Å². The smallest absolute Gasteiger partial charge is 0.405 e. The standard InChI is InChI=1S/C16H19ClF3N3O4/c1-26-12-7-13(27-2)10(6-9(12)17)22-15(25)23-5-3-4-11(23)14(24)21-8-16(18,19)20/h6-7,11H,3-5,8H2,1-2H3,(H,21,24)(H,22,25). The number of carbonyl (C=O) groups is 2. The number of rotatable bonds is 5. The molecule has 2 N–H and O–H groups in total. The Bertz CT molecular complexity index is 715. The number of ether oxygens (including phenoxy) is 2. The van der Waals surface area contributed by atoms with E-state index in [1.165, 1.54) is 31.3 Å². The summed E-state index contributed by atoms with van der Waals surface area (Å²) >= 11 is 6.05. The van der Waals surface area contributed by atoms with Crippen LogP contribution >= 0.6 is 11.6 Å². The summed E-state index contributed by atoms with van der Waals surface area (Å²) in [6, 6.07) is 1.28. The second kappa shape index (κ2) is 8.55. The fourth-order valence-corrected chi connectivity index (χ4v) is 2.97. The van der Waals surface area contributed by atoms with Crippen LogP contribution in [0.1, 0.15) is 12.8 Å². The molecule has 1 atom stereocenters. The van der Waals surface area contributed by atoms with Gasteiger partial charge in [-0.2, -0.15) is 13.2 Å². The number of anilines is 1. The summed E-state index contributed by atoms with van der Waals surface area (Å²) in [6.45, 7) is -1.21. The van der Waals surface area contributed by atoms with Crippen molar-refractivity contribution in [1.82, 2.24) is 10.2 Å². The van der Waals surface area contributed by atoms with Crippen LogP contribution in [0.4, 0.5) is 23.7 Å². The zero-order valence-electron chi connectivity index (χ0n) is 14.7. The van der Waals surface area contributed by atoms with Crippen LogP contribution < -0.4 is 20.1 Å². The van der Waals surface area contributed by atoms with E-state index in [0.29, 0.717) is 12.2 Å².